The van der Waals surface area contributed by atoms with Gasteiger partial charge in [0.15, 0.2) is 5.78 Å². The smallest absolute Gasteiger partial charge is 0.251 e. The molecule has 0 bridgehead atoms. The molecular weight excluding hydrogens is 372 g/mol. The quantitative estimate of drug-likeness (QED) is 0.683. The average Bonchev–Trinajstić information content (AvgIpc) is 2.97. The number of pyridine rings is 1. The fraction of sp³-hybridized carbons (Fsp3) is 0.333. The molecule has 0 aliphatic rings. The number of ketones is 1. The Balaban J connectivity index is 2.36. The minimum atomic E-state index is -3.69. The molecule has 24 heavy (non-hydrogen) atoms. The van der Waals surface area contributed by atoms with Crippen molar-refractivity contribution in [3.63, 3.8) is 0 Å². The van der Waals surface area contributed by atoms with Gasteiger partial charge >= 0.3 is 0 Å². The maximum atomic E-state index is 12.5. The van der Waals surface area contributed by atoms with E-state index in [0.717, 1.165) is 22.0 Å². The summed E-state index contributed by atoms with van der Waals surface area (Å²) in [6.07, 6.45) is 1.21. The van der Waals surface area contributed by atoms with Crippen molar-refractivity contribution in [1.82, 2.24) is 8.87 Å². The van der Waals surface area contributed by atoms with Crippen LogP contribution in [0.5, 0.6) is 0 Å². The van der Waals surface area contributed by atoms with Crippen LogP contribution in [0.3, 0.4) is 0 Å². The largest absolute Gasteiger partial charge is 0.306 e. The number of hydrogen-bond acceptors (Lipinski definition) is 5. The van der Waals surface area contributed by atoms with Gasteiger partial charge in [0.1, 0.15) is 0 Å². The van der Waals surface area contributed by atoms with Gasteiger partial charge in [0.05, 0.1) is 20.7 Å². The van der Waals surface area contributed by atoms with E-state index in [9.17, 15) is 18.0 Å². The van der Waals surface area contributed by atoms with Gasteiger partial charge in [-0.1, -0.05) is 25.4 Å². The monoisotopic (exact) mass is 388 g/mol. The lowest BCUT2D eigenvalue weighted by molar-refractivity contribution is 0.0974. The average molecular weight is 389 g/mol. The van der Waals surface area contributed by atoms with Crippen LogP contribution >= 0.6 is 22.9 Å². The highest BCUT2D eigenvalue weighted by Crippen LogP contribution is 2.22. The number of carbonyl (C=O) groups excluding carboxylic acids is 1. The van der Waals surface area contributed by atoms with Gasteiger partial charge in [0, 0.05) is 25.4 Å². The summed E-state index contributed by atoms with van der Waals surface area (Å²) >= 11 is 6.92. The Bertz CT molecular complexity index is 898. The van der Waals surface area contributed by atoms with E-state index in [0.29, 0.717) is 22.3 Å². The molecule has 0 aliphatic heterocycles. The number of aromatic nitrogens is 1. The van der Waals surface area contributed by atoms with Crippen LogP contribution in [-0.4, -0.2) is 36.2 Å². The van der Waals surface area contributed by atoms with Crippen molar-refractivity contribution >= 4 is 38.7 Å². The molecule has 2 aromatic rings. The first kappa shape index (κ1) is 18.9. The Morgan fingerprint density at radius 1 is 1.21 bits per heavy atom. The molecule has 2 rings (SSSR count). The number of nitrogens with zero attached hydrogens (tertiary/aromatic N) is 2. The summed E-state index contributed by atoms with van der Waals surface area (Å²) < 4.78 is 27.9. The highest BCUT2D eigenvalue weighted by atomic mass is 35.5. The zero-order valence-corrected chi connectivity index (χ0v) is 15.6. The SMILES string of the molecule is CCN(CC)S(=O)(=O)c1ccc(=O)n(CC(=O)c2ccc(Cl)s2)c1. The third-order valence-electron chi connectivity index (χ3n) is 3.46. The van der Waals surface area contributed by atoms with E-state index >= 15 is 0 Å². The van der Waals surface area contributed by atoms with Crippen LogP contribution in [0.2, 0.25) is 4.34 Å². The van der Waals surface area contributed by atoms with Crippen molar-refractivity contribution in [1.29, 1.82) is 0 Å². The summed E-state index contributed by atoms with van der Waals surface area (Å²) in [5.74, 6) is -0.300. The fourth-order valence-electron chi connectivity index (χ4n) is 2.19. The van der Waals surface area contributed by atoms with Gasteiger partial charge in [-0.15, -0.1) is 11.3 Å². The van der Waals surface area contributed by atoms with Gasteiger partial charge in [-0.25, -0.2) is 8.42 Å². The highest BCUT2D eigenvalue weighted by molar-refractivity contribution is 7.89. The maximum Gasteiger partial charge on any atom is 0.251 e. The van der Waals surface area contributed by atoms with Crippen molar-refractivity contribution in [3.8, 4) is 0 Å². The molecule has 0 aliphatic carbocycles. The molecule has 0 aromatic carbocycles. The van der Waals surface area contributed by atoms with Crippen molar-refractivity contribution in [2.45, 2.75) is 25.3 Å². The standard InChI is InChI=1S/C15H17ClN2O4S2/c1-3-18(4-2)24(21,22)11-5-8-15(20)17(9-11)10-12(19)13-6-7-14(16)23-13/h5-9H,3-4,10H2,1-2H3. The van der Waals surface area contributed by atoms with Crippen LogP contribution < -0.4 is 5.56 Å². The predicted molar refractivity (Wildman–Crippen MR) is 94.5 cm³/mol. The molecule has 9 heteroatoms. The number of sulfonamides is 1. The van der Waals surface area contributed by atoms with Gasteiger partial charge in [-0.05, 0) is 18.2 Å². The lowest BCUT2D eigenvalue weighted by Gasteiger charge is -2.18. The molecule has 0 atom stereocenters. The second-order valence-corrected chi connectivity index (χ2v) is 8.60. The Labute approximate surface area is 149 Å². The lowest BCUT2D eigenvalue weighted by atomic mass is 10.3. The van der Waals surface area contributed by atoms with Crippen LogP contribution in [0.25, 0.3) is 0 Å². The molecule has 0 N–H and O–H groups in total. The Morgan fingerprint density at radius 2 is 1.88 bits per heavy atom. The predicted octanol–water partition coefficient (Wildman–Crippen LogP) is 2.48. The van der Waals surface area contributed by atoms with E-state index in [1.165, 1.54) is 16.6 Å². The van der Waals surface area contributed by atoms with E-state index in [4.69, 9.17) is 11.6 Å². The van der Waals surface area contributed by atoms with Gasteiger partial charge in [0.2, 0.25) is 10.0 Å². The molecular formula is C15H17ClN2O4S2. The van der Waals surface area contributed by atoms with Crippen LogP contribution in [0.1, 0.15) is 23.5 Å². The summed E-state index contributed by atoms with van der Waals surface area (Å²) in [5.41, 5.74) is -0.440. The Kier molecular flexibility index (Phi) is 5.97. The molecule has 0 saturated carbocycles. The number of carbonyl (C=O) groups is 1. The molecule has 0 fully saturated rings. The Hall–Kier alpha value is -1.48. The summed E-state index contributed by atoms with van der Waals surface area (Å²) in [5, 5.41) is 0. The van der Waals surface area contributed by atoms with Crippen molar-refractivity contribution in [3.05, 3.63) is 50.0 Å². The fourth-order valence-corrected chi connectivity index (χ4v) is 4.65. The summed E-state index contributed by atoms with van der Waals surface area (Å²) in [6.45, 7) is 3.88. The second-order valence-electron chi connectivity index (χ2n) is 4.95. The normalized spacial score (nSPS) is 11.8. The number of Topliss-reactive ketones (excluding diaryl/α,β-unsaturated/α-hetero) is 1. The summed E-state index contributed by atoms with van der Waals surface area (Å²) in [7, 11) is -3.69. The van der Waals surface area contributed by atoms with E-state index in [1.54, 1.807) is 26.0 Å². The number of hydrogen-bond donors (Lipinski definition) is 0. The Morgan fingerprint density at radius 3 is 2.42 bits per heavy atom. The molecule has 0 saturated heterocycles. The van der Waals surface area contributed by atoms with Crippen LogP contribution in [0.15, 0.2) is 40.2 Å². The maximum absolute atomic E-state index is 12.5. The van der Waals surface area contributed by atoms with Gasteiger partial charge in [0.25, 0.3) is 5.56 Å². The van der Waals surface area contributed by atoms with E-state index in [2.05, 4.69) is 0 Å². The summed E-state index contributed by atoms with van der Waals surface area (Å²) in [6, 6.07) is 5.60. The number of rotatable bonds is 7. The van der Waals surface area contributed by atoms with Crippen LogP contribution in [0.4, 0.5) is 0 Å². The van der Waals surface area contributed by atoms with Gasteiger partial charge < -0.3 is 4.57 Å². The van der Waals surface area contributed by atoms with Crippen molar-refractivity contribution in [2.75, 3.05) is 13.1 Å². The third kappa shape index (κ3) is 3.94. The lowest BCUT2D eigenvalue weighted by Crippen LogP contribution is -2.32. The van der Waals surface area contributed by atoms with Crippen molar-refractivity contribution in [2.24, 2.45) is 0 Å². The minimum absolute atomic E-state index is 0.0113. The molecule has 0 unspecified atom stereocenters. The van der Waals surface area contributed by atoms with Crippen LogP contribution in [-0.2, 0) is 16.6 Å². The van der Waals surface area contributed by atoms with E-state index < -0.39 is 15.6 Å². The van der Waals surface area contributed by atoms with Crippen LogP contribution in [0, 0.1) is 0 Å². The zero-order valence-electron chi connectivity index (χ0n) is 13.2. The number of halogens is 1. The second kappa shape index (κ2) is 7.60. The molecule has 130 valence electrons. The first-order chi connectivity index (χ1) is 11.3. The van der Waals surface area contributed by atoms with E-state index in [1.807, 2.05) is 0 Å². The molecule has 0 amide bonds. The first-order valence-corrected chi connectivity index (χ1v) is 9.92. The van der Waals surface area contributed by atoms with E-state index in [-0.39, 0.29) is 17.2 Å². The molecule has 2 aromatic heterocycles. The van der Waals surface area contributed by atoms with Gasteiger partial charge in [-0.3, -0.25) is 9.59 Å². The third-order valence-corrected chi connectivity index (χ3v) is 6.77. The molecule has 6 nitrogen and oxygen atoms in total. The first-order valence-electron chi connectivity index (χ1n) is 7.28. The molecule has 0 radical (unpaired) electrons. The molecule has 0 spiro atoms. The van der Waals surface area contributed by atoms with Crippen molar-refractivity contribution < 1.29 is 13.2 Å². The highest BCUT2D eigenvalue weighted by Gasteiger charge is 2.22. The van der Waals surface area contributed by atoms with Gasteiger partial charge in [-0.2, -0.15) is 4.31 Å². The zero-order chi connectivity index (χ0) is 17.9. The topological polar surface area (TPSA) is 76.5 Å². The number of thiophene rings is 1. The summed E-state index contributed by atoms with van der Waals surface area (Å²) in [4.78, 5) is 24.6. The molecule has 2 heterocycles. The minimum Gasteiger partial charge on any atom is -0.306 e.